The molecule has 1 aliphatic rings. The lowest BCUT2D eigenvalue weighted by Crippen LogP contribution is -2.36. The molecule has 0 radical (unpaired) electrons. The lowest BCUT2D eigenvalue weighted by molar-refractivity contribution is -0.139. The number of halogens is 3. The fourth-order valence-corrected chi connectivity index (χ4v) is 2.36. The summed E-state index contributed by atoms with van der Waals surface area (Å²) in [6.07, 6.45) is -1.85. The number of hydrogen-bond acceptors (Lipinski definition) is 2. The standard InChI is InChI=1S/C13H16F3NO/c1-17-10-6-4-8-12(10)18-11-7-3-2-5-9(11)13(14,15)16/h2-3,5,7,10,12,17H,4,6,8H2,1H3. The van der Waals surface area contributed by atoms with Crippen molar-refractivity contribution in [3.8, 4) is 5.75 Å². The van der Waals surface area contributed by atoms with Crippen LogP contribution in [0.4, 0.5) is 13.2 Å². The lowest BCUT2D eigenvalue weighted by Gasteiger charge is -2.22. The quantitative estimate of drug-likeness (QED) is 0.899. The van der Waals surface area contributed by atoms with Crippen molar-refractivity contribution < 1.29 is 17.9 Å². The molecule has 0 amide bonds. The van der Waals surface area contributed by atoms with Gasteiger partial charge in [-0.15, -0.1) is 0 Å². The Hall–Kier alpha value is -1.23. The SMILES string of the molecule is CNC1CCCC1Oc1ccccc1C(F)(F)F. The van der Waals surface area contributed by atoms with Gasteiger partial charge in [0.15, 0.2) is 0 Å². The van der Waals surface area contributed by atoms with Crippen LogP contribution in [0.25, 0.3) is 0 Å². The summed E-state index contributed by atoms with van der Waals surface area (Å²) in [5, 5.41) is 3.09. The number of para-hydroxylation sites is 1. The van der Waals surface area contributed by atoms with Gasteiger partial charge >= 0.3 is 6.18 Å². The molecule has 0 bridgehead atoms. The smallest absolute Gasteiger partial charge is 0.419 e. The normalized spacial score (nSPS) is 24.2. The molecule has 2 unspecified atom stereocenters. The number of likely N-dealkylation sites (N-methyl/N-ethyl adjacent to an activating group) is 1. The monoisotopic (exact) mass is 259 g/mol. The maximum atomic E-state index is 12.8. The third kappa shape index (κ3) is 2.77. The van der Waals surface area contributed by atoms with Crippen molar-refractivity contribution in [3.05, 3.63) is 29.8 Å². The van der Waals surface area contributed by atoms with Crippen molar-refractivity contribution in [2.45, 2.75) is 37.6 Å². The second kappa shape index (κ2) is 5.18. The Morgan fingerprint density at radius 2 is 1.94 bits per heavy atom. The number of hydrogen-bond donors (Lipinski definition) is 1. The third-order valence-electron chi connectivity index (χ3n) is 3.29. The molecule has 1 aliphatic carbocycles. The van der Waals surface area contributed by atoms with Crippen molar-refractivity contribution in [1.82, 2.24) is 5.32 Å². The highest BCUT2D eigenvalue weighted by Crippen LogP contribution is 2.37. The average molecular weight is 259 g/mol. The first-order valence-corrected chi connectivity index (χ1v) is 6.02. The summed E-state index contributed by atoms with van der Waals surface area (Å²) in [6.45, 7) is 0. The fourth-order valence-electron chi connectivity index (χ4n) is 2.36. The van der Waals surface area contributed by atoms with Crippen LogP contribution >= 0.6 is 0 Å². The van der Waals surface area contributed by atoms with Crippen LogP contribution in [0.2, 0.25) is 0 Å². The minimum Gasteiger partial charge on any atom is -0.488 e. The van der Waals surface area contributed by atoms with Gasteiger partial charge in [-0.3, -0.25) is 0 Å². The molecule has 2 nitrogen and oxygen atoms in total. The zero-order valence-corrected chi connectivity index (χ0v) is 10.1. The molecular formula is C13H16F3NO. The van der Waals surface area contributed by atoms with Gasteiger partial charge in [0.1, 0.15) is 11.9 Å². The van der Waals surface area contributed by atoms with E-state index >= 15 is 0 Å². The summed E-state index contributed by atoms with van der Waals surface area (Å²) >= 11 is 0. The van der Waals surface area contributed by atoms with Gasteiger partial charge in [0.05, 0.1) is 5.56 Å². The largest absolute Gasteiger partial charge is 0.488 e. The average Bonchev–Trinajstić information content (AvgIpc) is 2.75. The third-order valence-corrected chi connectivity index (χ3v) is 3.29. The first kappa shape index (κ1) is 13.2. The van der Waals surface area contributed by atoms with Gasteiger partial charge in [-0.1, -0.05) is 12.1 Å². The summed E-state index contributed by atoms with van der Waals surface area (Å²) in [4.78, 5) is 0. The summed E-state index contributed by atoms with van der Waals surface area (Å²) < 4.78 is 44.0. The van der Waals surface area contributed by atoms with Gasteiger partial charge in [-0.2, -0.15) is 13.2 Å². The highest BCUT2D eigenvalue weighted by Gasteiger charge is 2.36. The van der Waals surface area contributed by atoms with Gasteiger partial charge in [0, 0.05) is 6.04 Å². The number of nitrogens with one attached hydrogen (secondary N) is 1. The van der Waals surface area contributed by atoms with Crippen LogP contribution < -0.4 is 10.1 Å². The number of benzene rings is 1. The Bertz CT molecular complexity index is 405. The van der Waals surface area contributed by atoms with E-state index < -0.39 is 11.7 Å². The van der Waals surface area contributed by atoms with Crippen LogP contribution in [-0.4, -0.2) is 19.2 Å². The Kier molecular flexibility index (Phi) is 3.80. The zero-order valence-electron chi connectivity index (χ0n) is 10.1. The van der Waals surface area contributed by atoms with Gasteiger partial charge < -0.3 is 10.1 Å². The molecule has 1 saturated carbocycles. The second-order valence-electron chi connectivity index (χ2n) is 4.48. The van der Waals surface area contributed by atoms with E-state index in [-0.39, 0.29) is 17.9 Å². The minimum atomic E-state index is -4.37. The van der Waals surface area contributed by atoms with Gasteiger partial charge in [-0.05, 0) is 38.4 Å². The lowest BCUT2D eigenvalue weighted by atomic mass is 10.1. The van der Waals surface area contributed by atoms with Crippen molar-refractivity contribution in [3.63, 3.8) is 0 Å². The van der Waals surface area contributed by atoms with Crippen LogP contribution in [0.1, 0.15) is 24.8 Å². The van der Waals surface area contributed by atoms with Crippen LogP contribution in [-0.2, 0) is 6.18 Å². The second-order valence-corrected chi connectivity index (χ2v) is 4.48. The molecule has 0 aliphatic heterocycles. The molecule has 0 heterocycles. The van der Waals surface area contributed by atoms with Gasteiger partial charge in [0.25, 0.3) is 0 Å². The predicted octanol–water partition coefficient (Wildman–Crippen LogP) is 3.22. The van der Waals surface area contributed by atoms with E-state index in [1.165, 1.54) is 12.1 Å². The van der Waals surface area contributed by atoms with Crippen LogP contribution in [0, 0.1) is 0 Å². The number of alkyl halides is 3. The fraction of sp³-hybridized carbons (Fsp3) is 0.538. The number of rotatable bonds is 3. The Balaban J connectivity index is 2.19. The zero-order chi connectivity index (χ0) is 13.2. The summed E-state index contributed by atoms with van der Waals surface area (Å²) in [6, 6.07) is 5.51. The molecule has 1 N–H and O–H groups in total. The van der Waals surface area contributed by atoms with E-state index in [9.17, 15) is 13.2 Å². The number of ether oxygens (including phenoxy) is 1. The van der Waals surface area contributed by atoms with Crippen molar-refractivity contribution in [2.75, 3.05) is 7.05 Å². The summed E-state index contributed by atoms with van der Waals surface area (Å²) in [5.74, 6) is -0.0721. The predicted molar refractivity (Wildman–Crippen MR) is 62.6 cm³/mol. The van der Waals surface area contributed by atoms with Crippen molar-refractivity contribution >= 4 is 0 Å². The molecule has 1 aromatic rings. The van der Waals surface area contributed by atoms with E-state index in [0.717, 1.165) is 25.3 Å². The highest BCUT2D eigenvalue weighted by molar-refractivity contribution is 5.35. The molecule has 0 saturated heterocycles. The molecular weight excluding hydrogens is 243 g/mol. The van der Waals surface area contributed by atoms with Gasteiger partial charge in [0.2, 0.25) is 0 Å². The first-order chi connectivity index (χ1) is 8.52. The summed E-state index contributed by atoms with van der Waals surface area (Å²) in [7, 11) is 1.81. The van der Waals surface area contributed by atoms with E-state index in [1.807, 2.05) is 7.05 Å². The Morgan fingerprint density at radius 1 is 1.22 bits per heavy atom. The van der Waals surface area contributed by atoms with Crippen molar-refractivity contribution in [1.29, 1.82) is 0 Å². The molecule has 1 fully saturated rings. The van der Waals surface area contributed by atoms with E-state index in [0.29, 0.717) is 0 Å². The van der Waals surface area contributed by atoms with Crippen LogP contribution in [0.15, 0.2) is 24.3 Å². The summed E-state index contributed by atoms with van der Waals surface area (Å²) in [5.41, 5.74) is -0.702. The Morgan fingerprint density at radius 3 is 2.61 bits per heavy atom. The molecule has 18 heavy (non-hydrogen) atoms. The maximum absolute atomic E-state index is 12.8. The van der Waals surface area contributed by atoms with Gasteiger partial charge in [-0.25, -0.2) is 0 Å². The topological polar surface area (TPSA) is 21.3 Å². The molecule has 2 atom stereocenters. The Labute approximate surface area is 104 Å². The van der Waals surface area contributed by atoms with Crippen LogP contribution in [0.5, 0.6) is 5.75 Å². The van der Waals surface area contributed by atoms with Crippen LogP contribution in [0.3, 0.4) is 0 Å². The molecule has 2 rings (SSSR count). The van der Waals surface area contributed by atoms with E-state index in [2.05, 4.69) is 5.32 Å². The highest BCUT2D eigenvalue weighted by atomic mass is 19.4. The molecule has 100 valence electrons. The molecule has 1 aromatic carbocycles. The van der Waals surface area contributed by atoms with Crippen molar-refractivity contribution in [2.24, 2.45) is 0 Å². The maximum Gasteiger partial charge on any atom is 0.419 e. The van der Waals surface area contributed by atoms with E-state index in [4.69, 9.17) is 4.74 Å². The molecule has 5 heteroatoms. The minimum absolute atomic E-state index is 0.0721. The van der Waals surface area contributed by atoms with E-state index in [1.54, 1.807) is 6.07 Å². The molecule has 0 aromatic heterocycles. The first-order valence-electron chi connectivity index (χ1n) is 6.02. The molecule has 0 spiro atoms.